The molecule has 2 aliphatic rings. The molecular formula is C26H30F6N4O6. The van der Waals surface area contributed by atoms with Crippen LogP contribution in [0.25, 0.3) is 0 Å². The molecule has 4 heterocycles. The van der Waals surface area contributed by atoms with Gasteiger partial charge in [0.25, 0.3) is 0 Å². The molecule has 42 heavy (non-hydrogen) atoms. The number of hydrogen-bond acceptors (Lipinski definition) is 8. The maximum Gasteiger partial charge on any atom is 0.490 e. The van der Waals surface area contributed by atoms with Crippen LogP contribution in [0.2, 0.25) is 0 Å². The Balaban J connectivity index is 0.000000367. The highest BCUT2D eigenvalue weighted by Crippen LogP contribution is 2.45. The standard InChI is InChI=1S/C22H28N4O2.2C2HF3O2/c1-2-28-21(27)22-9-6-12-25(14-18-7-5-10-23-13-18)15-19(22)16-26(17-22)20-8-3-4-11-24-20;2*3-2(4,5)1(6)7/h3-5,7-8,10-11,13,19H,2,6,9,12,14-17H2,1H3;2*(H,6,7)/t19-,22-;;/m0../s1. The van der Waals surface area contributed by atoms with E-state index in [0.29, 0.717) is 13.2 Å². The van der Waals surface area contributed by atoms with Gasteiger partial charge < -0.3 is 19.8 Å². The zero-order chi connectivity index (χ0) is 31.6. The quantitative estimate of drug-likeness (QED) is 0.379. The molecule has 0 saturated carbocycles. The number of carboxylic acids is 2. The highest BCUT2D eigenvalue weighted by Gasteiger charge is 2.54. The summed E-state index contributed by atoms with van der Waals surface area (Å²) in [6.07, 6.45) is -2.76. The summed E-state index contributed by atoms with van der Waals surface area (Å²) in [7, 11) is 0. The normalized spacial score (nSPS) is 20.5. The number of anilines is 1. The number of carbonyl (C=O) groups is 3. The van der Waals surface area contributed by atoms with Gasteiger partial charge in [-0.3, -0.25) is 14.7 Å². The van der Waals surface area contributed by atoms with Crippen LogP contribution in [0.3, 0.4) is 0 Å². The van der Waals surface area contributed by atoms with Crippen LogP contribution in [0.4, 0.5) is 32.2 Å². The number of carboxylic acid groups (broad SMARTS) is 2. The van der Waals surface area contributed by atoms with Crippen molar-refractivity contribution < 1.29 is 55.7 Å². The van der Waals surface area contributed by atoms with E-state index < -0.39 is 29.7 Å². The number of aliphatic carboxylic acids is 2. The van der Waals surface area contributed by atoms with Gasteiger partial charge >= 0.3 is 30.3 Å². The van der Waals surface area contributed by atoms with Gasteiger partial charge in [0.1, 0.15) is 5.82 Å². The summed E-state index contributed by atoms with van der Waals surface area (Å²) in [6.45, 7) is 6.59. The number of esters is 1. The maximum atomic E-state index is 13.1. The highest BCUT2D eigenvalue weighted by molar-refractivity contribution is 5.79. The number of alkyl halides is 6. The van der Waals surface area contributed by atoms with Crippen molar-refractivity contribution >= 4 is 23.7 Å². The Morgan fingerprint density at radius 2 is 1.64 bits per heavy atom. The van der Waals surface area contributed by atoms with Gasteiger partial charge in [-0.15, -0.1) is 0 Å². The molecule has 2 aromatic rings. The molecule has 2 N–H and O–H groups in total. The molecule has 2 aliphatic heterocycles. The van der Waals surface area contributed by atoms with Crippen LogP contribution >= 0.6 is 0 Å². The van der Waals surface area contributed by atoms with Crippen molar-refractivity contribution in [1.82, 2.24) is 14.9 Å². The van der Waals surface area contributed by atoms with Crippen LogP contribution < -0.4 is 4.90 Å². The van der Waals surface area contributed by atoms with Crippen LogP contribution in [0.5, 0.6) is 0 Å². The highest BCUT2D eigenvalue weighted by atomic mass is 19.4. The monoisotopic (exact) mass is 608 g/mol. The number of rotatable bonds is 5. The van der Waals surface area contributed by atoms with Gasteiger partial charge in [-0.2, -0.15) is 26.3 Å². The lowest BCUT2D eigenvalue weighted by Gasteiger charge is -2.31. The molecule has 4 rings (SSSR count). The Morgan fingerprint density at radius 1 is 1.00 bits per heavy atom. The second-order valence-corrected chi connectivity index (χ2v) is 9.45. The minimum Gasteiger partial charge on any atom is -0.475 e. The van der Waals surface area contributed by atoms with Crippen LogP contribution in [0, 0.1) is 11.3 Å². The fraction of sp³-hybridized carbons (Fsp3) is 0.500. The van der Waals surface area contributed by atoms with Crippen molar-refractivity contribution in [3.63, 3.8) is 0 Å². The number of carbonyl (C=O) groups excluding carboxylic acids is 1. The zero-order valence-electron chi connectivity index (χ0n) is 22.4. The molecule has 2 aromatic heterocycles. The fourth-order valence-electron chi connectivity index (χ4n) is 4.73. The Hall–Kier alpha value is -3.95. The van der Waals surface area contributed by atoms with Gasteiger partial charge in [0.15, 0.2) is 0 Å². The minimum atomic E-state index is -5.08. The van der Waals surface area contributed by atoms with Crippen molar-refractivity contribution in [2.45, 2.75) is 38.7 Å². The molecule has 0 aromatic carbocycles. The first-order chi connectivity index (χ1) is 19.6. The topological polar surface area (TPSA) is 133 Å². The summed E-state index contributed by atoms with van der Waals surface area (Å²) in [5.41, 5.74) is 0.766. The third-order valence-electron chi connectivity index (χ3n) is 6.54. The van der Waals surface area contributed by atoms with E-state index in [1.54, 1.807) is 6.20 Å². The maximum absolute atomic E-state index is 13.1. The number of halogens is 6. The van der Waals surface area contributed by atoms with Gasteiger partial charge in [-0.1, -0.05) is 12.1 Å². The van der Waals surface area contributed by atoms with Crippen LogP contribution in [-0.2, 0) is 25.7 Å². The average molecular weight is 609 g/mol. The number of likely N-dealkylation sites (tertiary alicyclic amines) is 1. The van der Waals surface area contributed by atoms with Crippen LogP contribution in [-0.4, -0.2) is 88.1 Å². The van der Waals surface area contributed by atoms with Crippen LogP contribution in [0.1, 0.15) is 25.3 Å². The second kappa shape index (κ2) is 14.8. The summed E-state index contributed by atoms with van der Waals surface area (Å²) in [4.78, 5) is 44.4. The number of fused-ring (bicyclic) bond motifs is 1. The Labute approximate surface area is 236 Å². The molecular weight excluding hydrogens is 578 g/mol. The largest absolute Gasteiger partial charge is 0.490 e. The molecule has 2 fully saturated rings. The van der Waals surface area contributed by atoms with Gasteiger partial charge in [0.05, 0.1) is 12.0 Å². The van der Waals surface area contributed by atoms with E-state index in [1.165, 1.54) is 5.56 Å². The van der Waals surface area contributed by atoms with Crippen molar-refractivity contribution in [2.75, 3.05) is 37.7 Å². The summed E-state index contributed by atoms with van der Waals surface area (Å²) in [6, 6.07) is 10.0. The molecule has 0 bridgehead atoms. The van der Waals surface area contributed by atoms with Crippen LogP contribution in [0.15, 0.2) is 48.9 Å². The lowest BCUT2D eigenvalue weighted by atomic mass is 9.75. The van der Waals surface area contributed by atoms with Crippen molar-refractivity contribution in [3.05, 3.63) is 54.5 Å². The Kier molecular flexibility index (Phi) is 12.1. The SMILES string of the molecule is CCOC(=O)[C@]12CCCN(Cc3cccnc3)C[C@H]1CN(c1ccccn1)C2.O=C(O)C(F)(F)F.O=C(O)C(F)(F)F. The molecule has 2 saturated heterocycles. The Bertz CT molecular complexity index is 1150. The molecule has 10 nitrogen and oxygen atoms in total. The van der Waals surface area contributed by atoms with E-state index in [9.17, 15) is 31.1 Å². The van der Waals surface area contributed by atoms with E-state index in [0.717, 1.165) is 44.8 Å². The van der Waals surface area contributed by atoms with E-state index in [1.807, 2.05) is 43.6 Å². The third kappa shape index (κ3) is 9.85. The Morgan fingerprint density at radius 3 is 2.14 bits per heavy atom. The van der Waals surface area contributed by atoms with E-state index in [2.05, 4.69) is 25.8 Å². The molecule has 232 valence electrons. The summed E-state index contributed by atoms with van der Waals surface area (Å²) < 4.78 is 69.0. The zero-order valence-corrected chi connectivity index (χ0v) is 22.4. The third-order valence-corrected chi connectivity index (χ3v) is 6.54. The average Bonchev–Trinajstić information content (AvgIpc) is 3.19. The number of hydrogen-bond donors (Lipinski definition) is 2. The lowest BCUT2D eigenvalue weighted by molar-refractivity contribution is -0.193. The first kappa shape index (κ1) is 34.3. The minimum absolute atomic E-state index is 0.0401. The van der Waals surface area contributed by atoms with Gasteiger partial charge in [-0.05, 0) is 50.1 Å². The fourth-order valence-corrected chi connectivity index (χ4v) is 4.73. The van der Waals surface area contributed by atoms with Crippen molar-refractivity contribution in [2.24, 2.45) is 11.3 Å². The molecule has 0 radical (unpaired) electrons. The number of nitrogens with zero attached hydrogens (tertiary/aromatic N) is 4. The summed E-state index contributed by atoms with van der Waals surface area (Å²) in [5, 5.41) is 14.2. The molecule has 0 spiro atoms. The second-order valence-electron chi connectivity index (χ2n) is 9.45. The molecule has 0 aliphatic carbocycles. The van der Waals surface area contributed by atoms with E-state index in [4.69, 9.17) is 24.5 Å². The first-order valence-electron chi connectivity index (χ1n) is 12.6. The lowest BCUT2D eigenvalue weighted by Crippen LogP contribution is -2.42. The van der Waals surface area contributed by atoms with Crippen molar-refractivity contribution in [3.8, 4) is 0 Å². The van der Waals surface area contributed by atoms with Gasteiger partial charge in [-0.25, -0.2) is 14.6 Å². The van der Waals surface area contributed by atoms with Gasteiger partial charge in [0.2, 0.25) is 0 Å². The van der Waals surface area contributed by atoms with Crippen molar-refractivity contribution in [1.29, 1.82) is 0 Å². The number of pyridine rings is 2. The van der Waals surface area contributed by atoms with Gasteiger partial charge in [0, 0.05) is 50.7 Å². The molecule has 0 unspecified atom stereocenters. The number of aromatic nitrogens is 2. The predicted octanol–water partition coefficient (Wildman–Crippen LogP) is 4.02. The predicted molar refractivity (Wildman–Crippen MR) is 135 cm³/mol. The van der Waals surface area contributed by atoms with E-state index in [-0.39, 0.29) is 11.9 Å². The van der Waals surface area contributed by atoms with E-state index >= 15 is 0 Å². The molecule has 0 amide bonds. The summed E-state index contributed by atoms with van der Waals surface area (Å²) >= 11 is 0. The molecule has 2 atom stereocenters. The first-order valence-corrected chi connectivity index (χ1v) is 12.6. The summed E-state index contributed by atoms with van der Waals surface area (Å²) in [5.74, 6) is -4.38. The number of ether oxygens (including phenoxy) is 1. The smallest absolute Gasteiger partial charge is 0.475 e. The molecule has 16 heteroatoms.